The van der Waals surface area contributed by atoms with Gasteiger partial charge in [-0.3, -0.25) is 0 Å². The molecule has 1 saturated heterocycles. The summed E-state index contributed by atoms with van der Waals surface area (Å²) in [6.07, 6.45) is 1.05. The number of piperidine rings is 1. The van der Waals surface area contributed by atoms with Crippen LogP contribution in [0.1, 0.15) is 33.6 Å². The summed E-state index contributed by atoms with van der Waals surface area (Å²) in [5, 5.41) is 17.6. The summed E-state index contributed by atoms with van der Waals surface area (Å²) in [7, 11) is 0. The number of rotatable bonds is 0. The van der Waals surface area contributed by atoms with Crippen LogP contribution < -0.4 is 0 Å². The van der Waals surface area contributed by atoms with Crippen LogP contribution in [-0.2, 0) is 4.74 Å². The van der Waals surface area contributed by atoms with Crippen LogP contribution in [-0.4, -0.2) is 29.7 Å². The predicted molar refractivity (Wildman–Crippen MR) is 65.3 cm³/mol. The van der Waals surface area contributed by atoms with Crippen molar-refractivity contribution < 1.29 is 9.53 Å². The molecule has 0 bridgehead atoms. The highest BCUT2D eigenvalue weighted by Gasteiger charge is 2.26. The second-order valence-corrected chi connectivity index (χ2v) is 5.21. The van der Waals surface area contributed by atoms with E-state index in [4.69, 9.17) is 15.3 Å². The Morgan fingerprint density at radius 2 is 1.94 bits per heavy atom. The number of carbonyl (C=O) groups is 1. The Bertz CT molecular complexity index is 430. The maximum Gasteiger partial charge on any atom is 0.410 e. The molecule has 1 aliphatic rings. The van der Waals surface area contributed by atoms with Crippen molar-refractivity contribution in [2.75, 3.05) is 13.1 Å². The smallest absolute Gasteiger partial charge is 0.410 e. The third-order valence-electron chi connectivity index (χ3n) is 2.52. The number of nitriles is 2. The van der Waals surface area contributed by atoms with Crippen LogP contribution in [0, 0.1) is 22.7 Å². The van der Waals surface area contributed by atoms with Gasteiger partial charge in [-0.1, -0.05) is 0 Å². The van der Waals surface area contributed by atoms with E-state index in [0.717, 1.165) is 12.0 Å². The molecule has 0 aromatic carbocycles. The summed E-state index contributed by atoms with van der Waals surface area (Å²) in [4.78, 5) is 13.4. The van der Waals surface area contributed by atoms with Crippen LogP contribution in [0.15, 0.2) is 11.1 Å². The Labute approximate surface area is 107 Å². The minimum absolute atomic E-state index is 0.114. The molecule has 0 unspecified atom stereocenters. The summed E-state index contributed by atoms with van der Waals surface area (Å²) in [5.74, 6) is 0. The van der Waals surface area contributed by atoms with E-state index in [-0.39, 0.29) is 5.57 Å². The molecule has 0 aromatic heterocycles. The zero-order valence-corrected chi connectivity index (χ0v) is 11.0. The van der Waals surface area contributed by atoms with Gasteiger partial charge in [-0.15, -0.1) is 0 Å². The zero-order valence-electron chi connectivity index (χ0n) is 11.0. The minimum atomic E-state index is -0.536. The Balaban J connectivity index is 2.78. The number of hydrogen-bond acceptors (Lipinski definition) is 4. The molecule has 1 fully saturated rings. The van der Waals surface area contributed by atoms with E-state index in [1.54, 1.807) is 4.90 Å². The van der Waals surface area contributed by atoms with Crippen LogP contribution in [0.3, 0.4) is 0 Å². The molecule has 1 heterocycles. The Hall–Kier alpha value is -2.01. The van der Waals surface area contributed by atoms with Crippen LogP contribution in [0.2, 0.25) is 0 Å². The highest BCUT2D eigenvalue weighted by molar-refractivity contribution is 5.69. The number of hydrogen-bond donors (Lipinski definition) is 0. The van der Waals surface area contributed by atoms with Crippen molar-refractivity contribution in [3.05, 3.63) is 11.1 Å². The molecule has 0 N–H and O–H groups in total. The lowest BCUT2D eigenvalue weighted by molar-refractivity contribution is 0.0246. The van der Waals surface area contributed by atoms with Gasteiger partial charge in [0.2, 0.25) is 0 Å². The second kappa shape index (κ2) is 5.55. The lowest BCUT2D eigenvalue weighted by atomic mass is 10.0. The van der Waals surface area contributed by atoms with Crippen LogP contribution in [0.5, 0.6) is 0 Å². The van der Waals surface area contributed by atoms with Gasteiger partial charge in [0, 0.05) is 13.1 Å². The van der Waals surface area contributed by atoms with Gasteiger partial charge in [-0.25, -0.2) is 4.79 Å². The fraction of sp³-hybridized carbons (Fsp3) is 0.615. The largest absolute Gasteiger partial charge is 0.444 e. The van der Waals surface area contributed by atoms with E-state index in [2.05, 4.69) is 0 Å². The summed E-state index contributed by atoms with van der Waals surface area (Å²) >= 11 is 0. The third-order valence-corrected chi connectivity index (χ3v) is 2.52. The molecule has 0 radical (unpaired) electrons. The number of amides is 1. The van der Waals surface area contributed by atoms with Gasteiger partial charge in [0.1, 0.15) is 23.3 Å². The molecule has 0 atom stereocenters. The summed E-state index contributed by atoms with van der Waals surface area (Å²) in [6, 6.07) is 3.74. The van der Waals surface area contributed by atoms with Crippen LogP contribution in [0.4, 0.5) is 4.79 Å². The van der Waals surface area contributed by atoms with Gasteiger partial charge >= 0.3 is 6.09 Å². The average molecular weight is 247 g/mol. The summed E-state index contributed by atoms with van der Waals surface area (Å²) in [6.45, 7) is 6.33. The summed E-state index contributed by atoms with van der Waals surface area (Å²) in [5.41, 5.74) is 0.298. The first-order valence-corrected chi connectivity index (χ1v) is 5.87. The van der Waals surface area contributed by atoms with E-state index in [1.807, 2.05) is 32.9 Å². The van der Waals surface area contributed by atoms with Gasteiger partial charge < -0.3 is 9.64 Å². The molecule has 96 valence electrons. The molecular weight excluding hydrogens is 230 g/mol. The van der Waals surface area contributed by atoms with E-state index < -0.39 is 11.7 Å². The van der Waals surface area contributed by atoms with Gasteiger partial charge in [-0.05, 0) is 39.2 Å². The molecule has 0 spiro atoms. The predicted octanol–water partition coefficient (Wildman–Crippen LogP) is 2.36. The number of nitrogens with zero attached hydrogens (tertiary/aromatic N) is 3. The quantitative estimate of drug-likeness (QED) is 0.616. The van der Waals surface area contributed by atoms with Crippen molar-refractivity contribution in [1.29, 1.82) is 10.5 Å². The van der Waals surface area contributed by atoms with Crippen LogP contribution in [0.25, 0.3) is 0 Å². The minimum Gasteiger partial charge on any atom is -0.444 e. The number of likely N-dealkylation sites (tertiary alicyclic amines) is 1. The Kier molecular flexibility index (Phi) is 4.33. The third kappa shape index (κ3) is 3.78. The summed E-state index contributed by atoms with van der Waals surface area (Å²) < 4.78 is 5.27. The lowest BCUT2D eigenvalue weighted by Crippen LogP contribution is -2.40. The van der Waals surface area contributed by atoms with E-state index in [1.165, 1.54) is 0 Å². The molecule has 0 saturated carbocycles. The van der Waals surface area contributed by atoms with E-state index in [0.29, 0.717) is 19.5 Å². The van der Waals surface area contributed by atoms with Crippen molar-refractivity contribution in [2.24, 2.45) is 0 Å². The molecule has 1 amide bonds. The molecule has 1 aliphatic heterocycles. The fourth-order valence-electron chi connectivity index (χ4n) is 1.74. The average Bonchev–Trinajstić information content (AvgIpc) is 2.29. The van der Waals surface area contributed by atoms with Crippen LogP contribution >= 0.6 is 0 Å². The SMILES string of the molecule is CC(C)(C)OC(=O)N1CCCC(=C(C#N)C#N)C1. The maximum atomic E-state index is 11.9. The Morgan fingerprint density at radius 1 is 1.33 bits per heavy atom. The first-order valence-electron chi connectivity index (χ1n) is 5.87. The molecule has 5 heteroatoms. The van der Waals surface area contributed by atoms with Gasteiger partial charge in [0.15, 0.2) is 0 Å². The molecule has 0 aliphatic carbocycles. The van der Waals surface area contributed by atoms with Gasteiger partial charge in [-0.2, -0.15) is 10.5 Å². The monoisotopic (exact) mass is 247 g/mol. The zero-order chi connectivity index (χ0) is 13.8. The molecular formula is C13H17N3O2. The van der Waals surface area contributed by atoms with E-state index in [9.17, 15) is 4.79 Å². The normalized spacial score (nSPS) is 15.6. The molecule has 0 aromatic rings. The van der Waals surface area contributed by atoms with Crippen molar-refractivity contribution in [3.63, 3.8) is 0 Å². The van der Waals surface area contributed by atoms with Crippen molar-refractivity contribution in [3.8, 4) is 12.1 Å². The first kappa shape index (κ1) is 14.1. The Morgan fingerprint density at radius 3 is 2.44 bits per heavy atom. The standard InChI is InChI=1S/C13H17N3O2/c1-13(2,3)18-12(17)16-6-4-5-10(9-16)11(7-14)8-15/h4-6,9H2,1-3H3. The van der Waals surface area contributed by atoms with Gasteiger partial charge in [0.25, 0.3) is 0 Å². The van der Waals surface area contributed by atoms with E-state index >= 15 is 0 Å². The molecule has 18 heavy (non-hydrogen) atoms. The van der Waals surface area contributed by atoms with Crippen molar-refractivity contribution in [2.45, 2.75) is 39.2 Å². The fourth-order valence-corrected chi connectivity index (χ4v) is 1.74. The number of carbonyl (C=O) groups excluding carboxylic acids is 1. The highest BCUT2D eigenvalue weighted by atomic mass is 16.6. The lowest BCUT2D eigenvalue weighted by Gasteiger charge is -2.31. The number of allylic oxidation sites excluding steroid dienone is 1. The highest BCUT2D eigenvalue weighted by Crippen LogP contribution is 2.20. The second-order valence-electron chi connectivity index (χ2n) is 5.21. The maximum absolute atomic E-state index is 11.9. The topological polar surface area (TPSA) is 77.1 Å². The molecule has 5 nitrogen and oxygen atoms in total. The first-order chi connectivity index (χ1) is 8.37. The van der Waals surface area contributed by atoms with Crippen molar-refractivity contribution in [1.82, 2.24) is 4.90 Å². The number of ether oxygens (including phenoxy) is 1. The van der Waals surface area contributed by atoms with Crippen molar-refractivity contribution >= 4 is 6.09 Å². The van der Waals surface area contributed by atoms with Gasteiger partial charge in [0.05, 0.1) is 0 Å². The molecule has 1 rings (SSSR count).